The minimum absolute atomic E-state index is 0.0641. The van der Waals surface area contributed by atoms with Gasteiger partial charge < -0.3 is 9.72 Å². The van der Waals surface area contributed by atoms with Crippen LogP contribution in [-0.2, 0) is 24.4 Å². The van der Waals surface area contributed by atoms with E-state index in [-0.39, 0.29) is 17.5 Å². The Bertz CT molecular complexity index is 1250. The molecule has 0 saturated heterocycles. The molecular formula is C24H30N6O2S. The van der Waals surface area contributed by atoms with E-state index in [2.05, 4.69) is 68.9 Å². The van der Waals surface area contributed by atoms with E-state index < -0.39 is 0 Å². The minimum atomic E-state index is -0.0768. The van der Waals surface area contributed by atoms with Crippen molar-refractivity contribution in [3.63, 3.8) is 0 Å². The monoisotopic (exact) mass is 466 g/mol. The molecule has 0 aliphatic rings. The van der Waals surface area contributed by atoms with Crippen molar-refractivity contribution in [2.75, 3.05) is 13.7 Å². The van der Waals surface area contributed by atoms with Crippen LogP contribution >= 0.6 is 11.3 Å². The number of hydrogen-bond donors (Lipinski definition) is 1. The Hall–Kier alpha value is -2.88. The quantitative estimate of drug-likeness (QED) is 0.381. The third kappa shape index (κ3) is 5.38. The molecule has 0 unspecified atom stereocenters. The third-order valence-electron chi connectivity index (χ3n) is 5.75. The Kier molecular flexibility index (Phi) is 7.32. The molecule has 0 aliphatic carbocycles. The zero-order valence-electron chi connectivity index (χ0n) is 19.5. The summed E-state index contributed by atoms with van der Waals surface area (Å²) in [4.78, 5) is 19.6. The van der Waals surface area contributed by atoms with Crippen LogP contribution in [0.3, 0.4) is 0 Å². The van der Waals surface area contributed by atoms with Gasteiger partial charge >= 0.3 is 0 Å². The van der Waals surface area contributed by atoms with Crippen LogP contribution < -0.4 is 5.56 Å². The number of aromatic nitrogens is 5. The molecule has 0 bridgehead atoms. The zero-order valence-corrected chi connectivity index (χ0v) is 20.3. The molecule has 174 valence electrons. The fourth-order valence-corrected chi connectivity index (χ4v) is 4.92. The Morgan fingerprint density at radius 2 is 2.06 bits per heavy atom. The highest BCUT2D eigenvalue weighted by atomic mass is 32.1. The van der Waals surface area contributed by atoms with E-state index in [9.17, 15) is 4.79 Å². The third-order valence-corrected chi connectivity index (χ3v) is 6.61. The van der Waals surface area contributed by atoms with Gasteiger partial charge in [-0.2, -0.15) is 0 Å². The molecule has 33 heavy (non-hydrogen) atoms. The van der Waals surface area contributed by atoms with Gasteiger partial charge in [-0.1, -0.05) is 32.0 Å². The van der Waals surface area contributed by atoms with Gasteiger partial charge in [0.15, 0.2) is 5.82 Å². The van der Waals surface area contributed by atoms with Gasteiger partial charge in [-0.05, 0) is 57.8 Å². The van der Waals surface area contributed by atoms with Crippen LogP contribution in [0.25, 0.3) is 10.9 Å². The summed E-state index contributed by atoms with van der Waals surface area (Å²) >= 11 is 1.71. The summed E-state index contributed by atoms with van der Waals surface area (Å²) < 4.78 is 7.05. The SMILES string of the molecule is COCCn1nnnc1[C@H](C(C)C)N(Cc1cccs1)Cc1cc2ccc(C)cc2[nH]c1=O. The number of hydrogen-bond acceptors (Lipinski definition) is 7. The molecule has 0 radical (unpaired) electrons. The molecule has 0 saturated carbocycles. The summed E-state index contributed by atoms with van der Waals surface area (Å²) in [6, 6.07) is 12.2. The first-order valence-electron chi connectivity index (χ1n) is 11.1. The predicted octanol–water partition coefficient (Wildman–Crippen LogP) is 3.93. The first kappa shape index (κ1) is 23.3. The van der Waals surface area contributed by atoms with E-state index in [1.807, 2.05) is 23.7 Å². The molecule has 3 heterocycles. The minimum Gasteiger partial charge on any atom is -0.383 e. The molecule has 8 nitrogen and oxygen atoms in total. The lowest BCUT2D eigenvalue weighted by Crippen LogP contribution is -2.35. The Labute approximate surface area is 197 Å². The van der Waals surface area contributed by atoms with Crippen molar-refractivity contribution in [2.45, 2.75) is 46.4 Å². The van der Waals surface area contributed by atoms with Gasteiger partial charge in [-0.3, -0.25) is 9.69 Å². The summed E-state index contributed by atoms with van der Waals surface area (Å²) in [7, 11) is 1.67. The molecule has 3 aromatic heterocycles. The average molecular weight is 467 g/mol. The van der Waals surface area contributed by atoms with E-state index >= 15 is 0 Å². The first-order chi connectivity index (χ1) is 16.0. The summed E-state index contributed by atoms with van der Waals surface area (Å²) in [5.41, 5.74) is 2.64. The molecule has 0 amide bonds. The number of methoxy groups -OCH3 is 1. The smallest absolute Gasteiger partial charge is 0.252 e. The maximum absolute atomic E-state index is 13.0. The van der Waals surface area contributed by atoms with Gasteiger partial charge in [0, 0.05) is 36.2 Å². The molecule has 4 rings (SSSR count). The van der Waals surface area contributed by atoms with Crippen LogP contribution in [0.4, 0.5) is 0 Å². The van der Waals surface area contributed by atoms with Crippen LogP contribution in [0.5, 0.6) is 0 Å². The van der Waals surface area contributed by atoms with Crippen LogP contribution in [-0.4, -0.2) is 43.8 Å². The van der Waals surface area contributed by atoms with Crippen LogP contribution in [0, 0.1) is 12.8 Å². The van der Waals surface area contributed by atoms with Crippen molar-refractivity contribution < 1.29 is 4.74 Å². The highest BCUT2D eigenvalue weighted by Gasteiger charge is 2.30. The molecule has 4 aromatic rings. The largest absolute Gasteiger partial charge is 0.383 e. The number of benzene rings is 1. The Morgan fingerprint density at radius 1 is 1.21 bits per heavy atom. The van der Waals surface area contributed by atoms with Crippen LogP contribution in [0.1, 0.15) is 41.7 Å². The molecular weight excluding hydrogens is 436 g/mol. The van der Waals surface area contributed by atoms with E-state index in [1.54, 1.807) is 18.4 Å². The molecule has 1 atom stereocenters. The predicted molar refractivity (Wildman–Crippen MR) is 130 cm³/mol. The molecule has 0 spiro atoms. The van der Waals surface area contributed by atoms with Crippen molar-refractivity contribution >= 4 is 22.2 Å². The fraction of sp³-hybridized carbons (Fsp3) is 0.417. The fourth-order valence-electron chi connectivity index (χ4n) is 4.20. The summed E-state index contributed by atoms with van der Waals surface area (Å²) in [5, 5.41) is 15.6. The number of aromatic amines is 1. The highest BCUT2D eigenvalue weighted by molar-refractivity contribution is 7.09. The molecule has 1 N–H and O–H groups in total. The van der Waals surface area contributed by atoms with Gasteiger partial charge in [0.05, 0.1) is 19.2 Å². The number of ether oxygens (including phenoxy) is 1. The second-order valence-electron chi connectivity index (χ2n) is 8.64. The topological polar surface area (TPSA) is 88.9 Å². The van der Waals surface area contributed by atoms with Gasteiger partial charge in [0.2, 0.25) is 0 Å². The zero-order chi connectivity index (χ0) is 23.4. The van der Waals surface area contributed by atoms with Crippen molar-refractivity contribution in [2.24, 2.45) is 5.92 Å². The molecule has 0 fully saturated rings. The number of fused-ring (bicyclic) bond motifs is 1. The number of nitrogens with zero attached hydrogens (tertiary/aromatic N) is 5. The Morgan fingerprint density at radius 3 is 2.79 bits per heavy atom. The van der Waals surface area contributed by atoms with Crippen molar-refractivity contribution in [3.8, 4) is 0 Å². The lowest BCUT2D eigenvalue weighted by molar-refractivity contribution is 0.122. The van der Waals surface area contributed by atoms with E-state index in [4.69, 9.17) is 4.74 Å². The number of H-pyrrole nitrogens is 1. The van der Waals surface area contributed by atoms with Crippen LogP contribution in [0.2, 0.25) is 0 Å². The number of nitrogens with one attached hydrogen (secondary N) is 1. The average Bonchev–Trinajstić information content (AvgIpc) is 3.45. The highest BCUT2D eigenvalue weighted by Crippen LogP contribution is 2.31. The normalized spacial score (nSPS) is 12.8. The standard InChI is InChI=1S/C24H30N6O2S/c1-16(2)22(23-26-27-28-30(23)9-10-32-4)29(15-20-6-5-11-33-20)14-19-13-18-8-7-17(3)12-21(18)25-24(19)31/h5-8,11-13,16,22H,9-10,14-15H2,1-4H3,(H,25,31)/t22-/m0/s1. The number of rotatable bonds is 10. The van der Waals surface area contributed by atoms with Gasteiger partial charge in [-0.15, -0.1) is 16.4 Å². The lowest BCUT2D eigenvalue weighted by Gasteiger charge is -2.33. The number of pyridine rings is 1. The number of aryl methyl sites for hydroxylation is 1. The first-order valence-corrected chi connectivity index (χ1v) is 12.0. The number of tetrazole rings is 1. The van der Waals surface area contributed by atoms with Crippen molar-refractivity contribution in [1.82, 2.24) is 30.1 Å². The summed E-state index contributed by atoms with van der Waals surface area (Å²) in [6.45, 7) is 8.63. The van der Waals surface area contributed by atoms with Gasteiger partial charge in [0.1, 0.15) is 0 Å². The van der Waals surface area contributed by atoms with Gasteiger partial charge in [0.25, 0.3) is 5.56 Å². The summed E-state index contributed by atoms with van der Waals surface area (Å²) in [5.74, 6) is 1.01. The number of thiophene rings is 1. The van der Waals surface area contributed by atoms with E-state index in [1.165, 1.54) is 4.88 Å². The van der Waals surface area contributed by atoms with Crippen molar-refractivity contribution in [3.05, 3.63) is 74.0 Å². The van der Waals surface area contributed by atoms with E-state index in [0.29, 0.717) is 26.2 Å². The van der Waals surface area contributed by atoms with Gasteiger partial charge in [-0.25, -0.2) is 4.68 Å². The second-order valence-corrected chi connectivity index (χ2v) is 9.67. The molecule has 1 aromatic carbocycles. The Balaban J connectivity index is 1.74. The maximum atomic E-state index is 13.0. The van der Waals surface area contributed by atoms with Crippen LogP contribution in [0.15, 0.2) is 46.6 Å². The summed E-state index contributed by atoms with van der Waals surface area (Å²) in [6.07, 6.45) is 0. The second kappa shape index (κ2) is 10.4. The molecule has 0 aliphatic heterocycles. The lowest BCUT2D eigenvalue weighted by atomic mass is 10.00. The van der Waals surface area contributed by atoms with Crippen molar-refractivity contribution in [1.29, 1.82) is 0 Å². The maximum Gasteiger partial charge on any atom is 0.252 e. The van der Waals surface area contributed by atoms with E-state index in [0.717, 1.165) is 27.9 Å². The molecule has 9 heteroatoms.